The van der Waals surface area contributed by atoms with Crippen LogP contribution in [0, 0.1) is 0 Å². The van der Waals surface area contributed by atoms with Crippen LogP contribution in [0.3, 0.4) is 0 Å². The van der Waals surface area contributed by atoms with Crippen molar-refractivity contribution < 1.29 is 4.74 Å². The highest BCUT2D eigenvalue weighted by Gasteiger charge is 2.28. The quantitative estimate of drug-likeness (QED) is 0.655. The predicted octanol–water partition coefficient (Wildman–Crippen LogP) is -0.341. The second-order valence-corrected chi connectivity index (χ2v) is 4.54. The second-order valence-electron chi connectivity index (χ2n) is 4.54. The molecule has 0 atom stereocenters. The molecule has 0 aromatic heterocycles. The van der Waals surface area contributed by atoms with Gasteiger partial charge in [-0.05, 0) is 19.9 Å². The SMILES string of the molecule is CN[C@H]1C[C@H](OCCN2CCNCC2)C1. The molecular formula is C11H23N3O. The van der Waals surface area contributed by atoms with Gasteiger partial charge in [0, 0.05) is 38.8 Å². The minimum Gasteiger partial charge on any atom is -0.377 e. The van der Waals surface area contributed by atoms with Crippen LogP contribution in [-0.2, 0) is 4.74 Å². The molecule has 0 aromatic rings. The van der Waals surface area contributed by atoms with Crippen molar-refractivity contribution in [1.82, 2.24) is 15.5 Å². The van der Waals surface area contributed by atoms with Crippen LogP contribution in [0.15, 0.2) is 0 Å². The van der Waals surface area contributed by atoms with Gasteiger partial charge in [0.2, 0.25) is 0 Å². The molecule has 0 spiro atoms. The highest BCUT2D eigenvalue weighted by molar-refractivity contribution is 4.84. The molecule has 0 radical (unpaired) electrons. The van der Waals surface area contributed by atoms with Gasteiger partial charge in [-0.2, -0.15) is 0 Å². The van der Waals surface area contributed by atoms with Crippen molar-refractivity contribution in [2.75, 3.05) is 46.4 Å². The lowest BCUT2D eigenvalue weighted by Gasteiger charge is -2.35. The molecule has 0 unspecified atom stereocenters. The third-order valence-electron chi connectivity index (χ3n) is 3.47. The number of piperazine rings is 1. The average Bonchev–Trinajstić information content (AvgIpc) is 2.23. The minimum atomic E-state index is 0.519. The lowest BCUT2D eigenvalue weighted by molar-refractivity contribution is -0.0235. The van der Waals surface area contributed by atoms with E-state index in [0.717, 1.165) is 26.2 Å². The molecular weight excluding hydrogens is 190 g/mol. The van der Waals surface area contributed by atoms with E-state index in [2.05, 4.69) is 15.5 Å². The van der Waals surface area contributed by atoms with Crippen LogP contribution < -0.4 is 10.6 Å². The van der Waals surface area contributed by atoms with Crippen molar-refractivity contribution >= 4 is 0 Å². The summed E-state index contributed by atoms with van der Waals surface area (Å²) in [4.78, 5) is 2.48. The first-order chi connectivity index (χ1) is 7.38. The van der Waals surface area contributed by atoms with Gasteiger partial charge in [0.1, 0.15) is 0 Å². The minimum absolute atomic E-state index is 0.519. The monoisotopic (exact) mass is 213 g/mol. The molecule has 15 heavy (non-hydrogen) atoms. The first kappa shape index (κ1) is 11.3. The summed E-state index contributed by atoms with van der Waals surface area (Å²) in [7, 11) is 2.03. The van der Waals surface area contributed by atoms with E-state index in [1.807, 2.05) is 7.05 Å². The third-order valence-corrected chi connectivity index (χ3v) is 3.47. The molecule has 0 amide bonds. The molecule has 1 saturated carbocycles. The maximum atomic E-state index is 5.81. The van der Waals surface area contributed by atoms with Gasteiger partial charge in [0.05, 0.1) is 12.7 Å². The van der Waals surface area contributed by atoms with Crippen LogP contribution in [0.2, 0.25) is 0 Å². The topological polar surface area (TPSA) is 36.5 Å². The maximum Gasteiger partial charge on any atom is 0.0605 e. The Balaban J connectivity index is 1.48. The summed E-state index contributed by atoms with van der Waals surface area (Å²) in [5, 5.41) is 6.63. The molecule has 0 aromatic carbocycles. The Labute approximate surface area is 92.4 Å². The van der Waals surface area contributed by atoms with Gasteiger partial charge in [-0.1, -0.05) is 0 Å². The maximum absolute atomic E-state index is 5.81. The standard InChI is InChI=1S/C11H23N3O/c1-12-10-8-11(9-10)15-7-6-14-4-2-13-3-5-14/h10-13H,2-9H2,1H3/t10-,11-. The van der Waals surface area contributed by atoms with E-state index in [1.165, 1.54) is 25.9 Å². The van der Waals surface area contributed by atoms with Crippen molar-refractivity contribution in [1.29, 1.82) is 0 Å². The Morgan fingerprint density at radius 3 is 2.73 bits per heavy atom. The van der Waals surface area contributed by atoms with Gasteiger partial charge in [-0.25, -0.2) is 0 Å². The molecule has 0 bridgehead atoms. The number of hydrogen-bond acceptors (Lipinski definition) is 4. The molecule has 1 saturated heterocycles. The van der Waals surface area contributed by atoms with Gasteiger partial charge < -0.3 is 15.4 Å². The summed E-state index contributed by atoms with van der Waals surface area (Å²) >= 11 is 0. The molecule has 2 N–H and O–H groups in total. The van der Waals surface area contributed by atoms with E-state index >= 15 is 0 Å². The Morgan fingerprint density at radius 1 is 1.33 bits per heavy atom. The second kappa shape index (κ2) is 5.80. The molecule has 1 heterocycles. The van der Waals surface area contributed by atoms with Crippen molar-refractivity contribution in [2.45, 2.75) is 25.0 Å². The fraction of sp³-hybridized carbons (Fsp3) is 1.00. The van der Waals surface area contributed by atoms with E-state index in [0.29, 0.717) is 12.1 Å². The summed E-state index contributed by atoms with van der Waals surface area (Å²) in [5.41, 5.74) is 0. The van der Waals surface area contributed by atoms with Crippen molar-refractivity contribution in [3.63, 3.8) is 0 Å². The van der Waals surface area contributed by atoms with Crippen LogP contribution in [0.1, 0.15) is 12.8 Å². The number of ether oxygens (including phenoxy) is 1. The van der Waals surface area contributed by atoms with Crippen LogP contribution in [0.5, 0.6) is 0 Å². The Bertz CT molecular complexity index is 177. The average molecular weight is 213 g/mol. The molecule has 2 rings (SSSR count). The Kier molecular flexibility index (Phi) is 4.38. The molecule has 2 aliphatic rings. The highest BCUT2D eigenvalue weighted by atomic mass is 16.5. The zero-order chi connectivity index (χ0) is 10.5. The van der Waals surface area contributed by atoms with Gasteiger partial charge in [0.15, 0.2) is 0 Å². The van der Waals surface area contributed by atoms with Gasteiger partial charge in [-0.15, -0.1) is 0 Å². The van der Waals surface area contributed by atoms with E-state index < -0.39 is 0 Å². The van der Waals surface area contributed by atoms with Crippen molar-refractivity contribution in [2.24, 2.45) is 0 Å². The summed E-state index contributed by atoms with van der Waals surface area (Å²) in [6.45, 7) is 6.61. The van der Waals surface area contributed by atoms with E-state index in [1.54, 1.807) is 0 Å². The fourth-order valence-electron chi connectivity index (χ4n) is 2.22. The van der Waals surface area contributed by atoms with E-state index in [4.69, 9.17) is 4.74 Å². The number of nitrogens with one attached hydrogen (secondary N) is 2. The van der Waals surface area contributed by atoms with E-state index in [9.17, 15) is 0 Å². The summed E-state index contributed by atoms with van der Waals surface area (Å²) in [5.74, 6) is 0. The highest BCUT2D eigenvalue weighted by Crippen LogP contribution is 2.22. The zero-order valence-electron chi connectivity index (χ0n) is 9.67. The molecule has 88 valence electrons. The van der Waals surface area contributed by atoms with Crippen LogP contribution in [-0.4, -0.2) is 63.4 Å². The molecule has 4 heteroatoms. The lowest BCUT2D eigenvalue weighted by Crippen LogP contribution is -2.47. The van der Waals surface area contributed by atoms with Crippen LogP contribution >= 0.6 is 0 Å². The smallest absolute Gasteiger partial charge is 0.0605 e. The fourth-order valence-corrected chi connectivity index (χ4v) is 2.22. The van der Waals surface area contributed by atoms with Gasteiger partial charge in [-0.3, -0.25) is 4.90 Å². The number of rotatable bonds is 5. The summed E-state index contributed by atoms with van der Waals surface area (Å²) < 4.78 is 5.81. The molecule has 2 fully saturated rings. The normalized spacial score (nSPS) is 32.6. The van der Waals surface area contributed by atoms with Crippen molar-refractivity contribution in [3.8, 4) is 0 Å². The predicted molar refractivity (Wildman–Crippen MR) is 61.1 cm³/mol. The zero-order valence-corrected chi connectivity index (χ0v) is 9.67. The molecule has 4 nitrogen and oxygen atoms in total. The van der Waals surface area contributed by atoms with E-state index in [-0.39, 0.29) is 0 Å². The van der Waals surface area contributed by atoms with Crippen LogP contribution in [0.25, 0.3) is 0 Å². The first-order valence-corrected chi connectivity index (χ1v) is 6.10. The van der Waals surface area contributed by atoms with Gasteiger partial charge >= 0.3 is 0 Å². The number of hydrogen-bond donors (Lipinski definition) is 2. The Morgan fingerprint density at radius 2 is 2.07 bits per heavy atom. The third kappa shape index (κ3) is 3.41. The number of nitrogens with zero attached hydrogens (tertiary/aromatic N) is 1. The Hall–Kier alpha value is -0.160. The summed E-state index contributed by atoms with van der Waals surface area (Å²) in [6.07, 6.45) is 2.90. The van der Waals surface area contributed by atoms with Crippen molar-refractivity contribution in [3.05, 3.63) is 0 Å². The van der Waals surface area contributed by atoms with Crippen LogP contribution in [0.4, 0.5) is 0 Å². The molecule has 1 aliphatic heterocycles. The largest absolute Gasteiger partial charge is 0.377 e. The summed E-state index contributed by atoms with van der Waals surface area (Å²) in [6, 6.07) is 0.703. The molecule has 1 aliphatic carbocycles. The van der Waals surface area contributed by atoms with Gasteiger partial charge in [0.25, 0.3) is 0 Å². The lowest BCUT2D eigenvalue weighted by atomic mass is 9.89. The first-order valence-electron chi connectivity index (χ1n) is 6.10.